The molecule has 0 bridgehead atoms. The van der Waals surface area contributed by atoms with Gasteiger partial charge in [0, 0.05) is 11.6 Å². The Balaban J connectivity index is 3.03. The smallest absolute Gasteiger partial charge is 0.127 e. The summed E-state index contributed by atoms with van der Waals surface area (Å²) < 4.78 is 10.5. The number of benzene rings is 1. The van der Waals surface area contributed by atoms with Gasteiger partial charge in [0.15, 0.2) is 0 Å². The van der Waals surface area contributed by atoms with Crippen LogP contribution in [0.5, 0.6) is 11.5 Å². The van der Waals surface area contributed by atoms with E-state index in [0.717, 1.165) is 23.5 Å². The van der Waals surface area contributed by atoms with Crippen LogP contribution in [0.3, 0.4) is 0 Å². The highest BCUT2D eigenvalue weighted by atomic mass is 35.5. The maximum absolute atomic E-state index is 6.42. The molecule has 2 nitrogen and oxygen atoms in total. The van der Waals surface area contributed by atoms with E-state index in [1.165, 1.54) is 0 Å². The summed E-state index contributed by atoms with van der Waals surface area (Å²) in [6.45, 7) is 4.28. The Morgan fingerprint density at radius 2 is 1.94 bits per heavy atom. The van der Waals surface area contributed by atoms with Crippen molar-refractivity contribution in [3.05, 3.63) is 23.8 Å². The molecule has 0 fully saturated rings. The number of hydrogen-bond donors (Lipinski definition) is 0. The summed E-state index contributed by atoms with van der Waals surface area (Å²) >= 11 is 6.42. The predicted molar refractivity (Wildman–Crippen MR) is 67.6 cm³/mol. The minimum Gasteiger partial charge on any atom is -0.497 e. The van der Waals surface area contributed by atoms with E-state index >= 15 is 0 Å². The van der Waals surface area contributed by atoms with Crippen molar-refractivity contribution in [3.63, 3.8) is 0 Å². The van der Waals surface area contributed by atoms with Gasteiger partial charge < -0.3 is 9.47 Å². The third-order valence-electron chi connectivity index (χ3n) is 2.88. The maximum atomic E-state index is 6.42. The molecule has 1 rings (SSSR count). The fourth-order valence-electron chi connectivity index (χ4n) is 1.56. The Labute approximate surface area is 103 Å². The SMILES string of the molecule is CCC(C)C(Cl)c1ccc(OC)cc1OC. The van der Waals surface area contributed by atoms with E-state index in [2.05, 4.69) is 13.8 Å². The van der Waals surface area contributed by atoms with Gasteiger partial charge in [0.25, 0.3) is 0 Å². The average molecular weight is 243 g/mol. The second kappa shape index (κ2) is 6.00. The van der Waals surface area contributed by atoms with E-state index in [0.29, 0.717) is 5.92 Å². The van der Waals surface area contributed by atoms with Crippen LogP contribution in [-0.2, 0) is 0 Å². The molecule has 3 heteroatoms. The van der Waals surface area contributed by atoms with E-state index in [-0.39, 0.29) is 5.38 Å². The van der Waals surface area contributed by atoms with Crippen LogP contribution in [0.2, 0.25) is 0 Å². The Morgan fingerprint density at radius 1 is 1.25 bits per heavy atom. The molecule has 16 heavy (non-hydrogen) atoms. The van der Waals surface area contributed by atoms with Crippen molar-refractivity contribution in [2.24, 2.45) is 5.92 Å². The van der Waals surface area contributed by atoms with Crippen molar-refractivity contribution in [2.45, 2.75) is 25.6 Å². The summed E-state index contributed by atoms with van der Waals surface area (Å²) in [7, 11) is 3.29. The van der Waals surface area contributed by atoms with Gasteiger partial charge in [0.1, 0.15) is 11.5 Å². The Bertz CT molecular complexity index is 339. The van der Waals surface area contributed by atoms with Gasteiger partial charge in [-0.2, -0.15) is 0 Å². The molecule has 0 amide bonds. The molecule has 90 valence electrons. The lowest BCUT2D eigenvalue weighted by molar-refractivity contribution is 0.387. The van der Waals surface area contributed by atoms with Crippen molar-refractivity contribution in [3.8, 4) is 11.5 Å². The second-order valence-corrected chi connectivity index (χ2v) is 4.37. The van der Waals surface area contributed by atoms with Crippen molar-refractivity contribution in [1.29, 1.82) is 0 Å². The van der Waals surface area contributed by atoms with E-state index in [4.69, 9.17) is 21.1 Å². The average Bonchev–Trinajstić information content (AvgIpc) is 2.35. The van der Waals surface area contributed by atoms with Crippen LogP contribution in [0.15, 0.2) is 18.2 Å². The number of methoxy groups -OCH3 is 2. The van der Waals surface area contributed by atoms with Gasteiger partial charge in [-0.15, -0.1) is 11.6 Å². The molecule has 0 aliphatic rings. The van der Waals surface area contributed by atoms with Gasteiger partial charge in [-0.25, -0.2) is 0 Å². The molecule has 0 N–H and O–H groups in total. The Morgan fingerprint density at radius 3 is 2.44 bits per heavy atom. The lowest BCUT2D eigenvalue weighted by Gasteiger charge is -2.19. The highest BCUT2D eigenvalue weighted by molar-refractivity contribution is 6.21. The standard InChI is InChI=1S/C13H19ClO2/c1-5-9(2)13(14)11-7-6-10(15-3)8-12(11)16-4/h6-9,13H,5H2,1-4H3. The zero-order chi connectivity index (χ0) is 12.1. The van der Waals surface area contributed by atoms with Crippen LogP contribution >= 0.6 is 11.6 Å². The van der Waals surface area contributed by atoms with Crippen LogP contribution < -0.4 is 9.47 Å². The van der Waals surface area contributed by atoms with Crippen molar-refractivity contribution in [2.75, 3.05) is 14.2 Å². The van der Waals surface area contributed by atoms with Crippen molar-refractivity contribution < 1.29 is 9.47 Å². The van der Waals surface area contributed by atoms with Crippen LogP contribution in [-0.4, -0.2) is 14.2 Å². The maximum Gasteiger partial charge on any atom is 0.127 e. The van der Waals surface area contributed by atoms with E-state index in [1.54, 1.807) is 14.2 Å². The fraction of sp³-hybridized carbons (Fsp3) is 0.538. The first-order valence-corrected chi connectivity index (χ1v) is 5.93. The van der Waals surface area contributed by atoms with Gasteiger partial charge in [-0.1, -0.05) is 26.3 Å². The first kappa shape index (κ1) is 13.2. The van der Waals surface area contributed by atoms with Gasteiger partial charge in [-0.05, 0) is 12.0 Å². The second-order valence-electron chi connectivity index (χ2n) is 3.90. The molecular weight excluding hydrogens is 224 g/mol. The van der Waals surface area contributed by atoms with Crippen LogP contribution in [0.4, 0.5) is 0 Å². The zero-order valence-electron chi connectivity index (χ0n) is 10.3. The highest BCUT2D eigenvalue weighted by Gasteiger charge is 2.19. The quantitative estimate of drug-likeness (QED) is 0.726. The third-order valence-corrected chi connectivity index (χ3v) is 3.55. The largest absolute Gasteiger partial charge is 0.497 e. The molecule has 0 heterocycles. The highest BCUT2D eigenvalue weighted by Crippen LogP contribution is 2.38. The lowest BCUT2D eigenvalue weighted by Crippen LogP contribution is -2.04. The summed E-state index contributed by atoms with van der Waals surface area (Å²) in [4.78, 5) is 0. The topological polar surface area (TPSA) is 18.5 Å². The van der Waals surface area contributed by atoms with Crippen LogP contribution in [0.1, 0.15) is 31.2 Å². The van der Waals surface area contributed by atoms with E-state index in [1.807, 2.05) is 18.2 Å². The van der Waals surface area contributed by atoms with Gasteiger partial charge in [0.2, 0.25) is 0 Å². The lowest BCUT2D eigenvalue weighted by atomic mass is 9.97. The first-order valence-electron chi connectivity index (χ1n) is 5.50. The number of ether oxygens (including phenoxy) is 2. The van der Waals surface area contributed by atoms with Crippen molar-refractivity contribution in [1.82, 2.24) is 0 Å². The minimum absolute atomic E-state index is 0.0224. The summed E-state index contributed by atoms with van der Waals surface area (Å²) in [6, 6.07) is 5.75. The molecule has 0 aliphatic carbocycles. The third kappa shape index (κ3) is 2.82. The molecule has 0 spiro atoms. The molecule has 0 aromatic heterocycles. The zero-order valence-corrected chi connectivity index (χ0v) is 11.0. The van der Waals surface area contributed by atoms with E-state index in [9.17, 15) is 0 Å². The number of alkyl halides is 1. The molecule has 0 saturated heterocycles. The molecule has 2 atom stereocenters. The van der Waals surface area contributed by atoms with Crippen LogP contribution in [0.25, 0.3) is 0 Å². The summed E-state index contributed by atoms with van der Waals surface area (Å²) in [5, 5.41) is -0.0224. The monoisotopic (exact) mass is 242 g/mol. The molecular formula is C13H19ClO2. The summed E-state index contributed by atoms with van der Waals surface area (Å²) in [6.07, 6.45) is 1.04. The number of rotatable bonds is 5. The Hall–Kier alpha value is -0.890. The first-order chi connectivity index (χ1) is 7.63. The molecule has 0 saturated carbocycles. The summed E-state index contributed by atoms with van der Waals surface area (Å²) in [5.74, 6) is 2.00. The van der Waals surface area contributed by atoms with Gasteiger partial charge >= 0.3 is 0 Å². The molecule has 1 aromatic rings. The number of halogens is 1. The fourth-order valence-corrected chi connectivity index (χ4v) is 1.92. The molecule has 1 aromatic carbocycles. The van der Waals surface area contributed by atoms with Crippen molar-refractivity contribution >= 4 is 11.6 Å². The normalized spacial score (nSPS) is 14.3. The minimum atomic E-state index is -0.0224. The molecule has 2 unspecified atom stereocenters. The predicted octanol–water partition coefficient (Wildman–Crippen LogP) is 4.03. The molecule has 0 aliphatic heterocycles. The Kier molecular flexibility index (Phi) is 4.94. The summed E-state index contributed by atoms with van der Waals surface area (Å²) in [5.41, 5.74) is 1.03. The number of hydrogen-bond acceptors (Lipinski definition) is 2. The van der Waals surface area contributed by atoms with E-state index < -0.39 is 0 Å². The van der Waals surface area contributed by atoms with Gasteiger partial charge in [0.05, 0.1) is 19.6 Å². The van der Waals surface area contributed by atoms with Crippen LogP contribution in [0, 0.1) is 5.92 Å². The van der Waals surface area contributed by atoms with Gasteiger partial charge in [-0.3, -0.25) is 0 Å². The molecule has 0 radical (unpaired) electrons.